The number of hydrogen-bond donors (Lipinski definition) is 2. The SMILES string of the molecule is Cc1ccccc1OCC(O)CNCCCS(C)=O. The topological polar surface area (TPSA) is 58.6 Å². The van der Waals surface area contributed by atoms with Crippen molar-refractivity contribution in [3.63, 3.8) is 0 Å². The van der Waals surface area contributed by atoms with Crippen LogP contribution in [0.5, 0.6) is 5.75 Å². The van der Waals surface area contributed by atoms with Gasteiger partial charge in [-0.1, -0.05) is 18.2 Å². The Labute approximate surface area is 117 Å². The van der Waals surface area contributed by atoms with E-state index in [2.05, 4.69) is 5.32 Å². The first-order valence-corrected chi connectivity index (χ1v) is 8.19. The summed E-state index contributed by atoms with van der Waals surface area (Å²) in [6, 6.07) is 7.74. The molecule has 4 nitrogen and oxygen atoms in total. The van der Waals surface area contributed by atoms with Crippen LogP contribution in [0.3, 0.4) is 0 Å². The molecule has 0 fully saturated rings. The Bertz CT molecular complexity index is 398. The van der Waals surface area contributed by atoms with Gasteiger partial charge in [0.25, 0.3) is 0 Å². The molecule has 0 radical (unpaired) electrons. The van der Waals surface area contributed by atoms with Crippen molar-refractivity contribution in [3.05, 3.63) is 29.8 Å². The van der Waals surface area contributed by atoms with E-state index in [1.807, 2.05) is 31.2 Å². The third-order valence-corrected chi connectivity index (χ3v) is 3.55. The van der Waals surface area contributed by atoms with Crippen LogP contribution in [-0.2, 0) is 10.8 Å². The maximum atomic E-state index is 10.8. The number of ether oxygens (including phenoxy) is 1. The highest BCUT2D eigenvalue weighted by Gasteiger charge is 2.05. The molecule has 0 saturated carbocycles. The Morgan fingerprint density at radius 2 is 2.16 bits per heavy atom. The number of aliphatic hydroxyl groups is 1. The highest BCUT2D eigenvalue weighted by molar-refractivity contribution is 7.84. The van der Waals surface area contributed by atoms with Gasteiger partial charge in [-0.05, 0) is 31.5 Å². The third-order valence-electron chi connectivity index (χ3n) is 2.69. The average Bonchev–Trinajstić information content (AvgIpc) is 2.37. The van der Waals surface area contributed by atoms with Crippen molar-refractivity contribution in [1.29, 1.82) is 0 Å². The van der Waals surface area contributed by atoms with Crippen LogP contribution >= 0.6 is 0 Å². The van der Waals surface area contributed by atoms with Crippen molar-refractivity contribution in [2.45, 2.75) is 19.4 Å². The zero-order chi connectivity index (χ0) is 14.1. The van der Waals surface area contributed by atoms with Crippen LogP contribution in [0.15, 0.2) is 24.3 Å². The van der Waals surface area contributed by atoms with E-state index in [9.17, 15) is 9.32 Å². The molecule has 0 aromatic heterocycles. The molecule has 19 heavy (non-hydrogen) atoms. The molecule has 2 unspecified atom stereocenters. The summed E-state index contributed by atoms with van der Waals surface area (Å²) in [7, 11) is -0.738. The van der Waals surface area contributed by atoms with Crippen molar-refractivity contribution >= 4 is 10.8 Å². The molecule has 108 valence electrons. The predicted molar refractivity (Wildman–Crippen MR) is 79.1 cm³/mol. The number of benzene rings is 1. The monoisotopic (exact) mass is 285 g/mol. The van der Waals surface area contributed by atoms with E-state index < -0.39 is 16.9 Å². The van der Waals surface area contributed by atoms with E-state index in [0.717, 1.165) is 24.3 Å². The summed E-state index contributed by atoms with van der Waals surface area (Å²) >= 11 is 0. The van der Waals surface area contributed by atoms with Crippen molar-refractivity contribution in [1.82, 2.24) is 5.32 Å². The second-order valence-corrected chi connectivity index (χ2v) is 6.12. The Morgan fingerprint density at radius 1 is 1.42 bits per heavy atom. The van der Waals surface area contributed by atoms with E-state index in [1.165, 1.54) is 0 Å². The minimum Gasteiger partial charge on any atom is -0.491 e. The van der Waals surface area contributed by atoms with Crippen LogP contribution < -0.4 is 10.1 Å². The summed E-state index contributed by atoms with van der Waals surface area (Å²) in [5.41, 5.74) is 1.06. The molecule has 2 atom stereocenters. The van der Waals surface area contributed by atoms with E-state index in [4.69, 9.17) is 4.74 Å². The van der Waals surface area contributed by atoms with Crippen molar-refractivity contribution in [2.75, 3.05) is 31.7 Å². The van der Waals surface area contributed by atoms with Gasteiger partial charge in [0.2, 0.25) is 0 Å². The molecule has 0 bridgehead atoms. The Hall–Kier alpha value is -0.910. The summed E-state index contributed by atoms with van der Waals surface area (Å²) in [5.74, 6) is 1.51. The van der Waals surface area contributed by atoms with E-state index in [1.54, 1.807) is 6.26 Å². The molecule has 0 amide bonds. The van der Waals surface area contributed by atoms with Crippen LogP contribution in [0.2, 0.25) is 0 Å². The van der Waals surface area contributed by atoms with Gasteiger partial charge in [-0.3, -0.25) is 4.21 Å². The molecule has 1 aromatic carbocycles. The second-order valence-electron chi connectivity index (χ2n) is 4.57. The minimum absolute atomic E-state index is 0.275. The number of nitrogens with one attached hydrogen (secondary N) is 1. The molecule has 0 aliphatic rings. The van der Waals surface area contributed by atoms with Crippen molar-refractivity contribution < 1.29 is 14.1 Å². The molecule has 5 heteroatoms. The van der Waals surface area contributed by atoms with Gasteiger partial charge in [-0.2, -0.15) is 0 Å². The first kappa shape index (κ1) is 16.1. The fourth-order valence-electron chi connectivity index (χ4n) is 1.63. The van der Waals surface area contributed by atoms with E-state index >= 15 is 0 Å². The summed E-state index contributed by atoms with van der Waals surface area (Å²) in [5, 5.41) is 12.9. The van der Waals surface area contributed by atoms with Crippen LogP contribution in [0.4, 0.5) is 0 Å². The van der Waals surface area contributed by atoms with Gasteiger partial charge in [0.1, 0.15) is 18.5 Å². The van der Waals surface area contributed by atoms with Gasteiger partial charge in [0, 0.05) is 29.4 Å². The lowest BCUT2D eigenvalue weighted by Crippen LogP contribution is -2.32. The highest BCUT2D eigenvalue weighted by atomic mass is 32.2. The average molecular weight is 285 g/mol. The van der Waals surface area contributed by atoms with Crippen LogP contribution in [0, 0.1) is 6.92 Å². The minimum atomic E-state index is -0.738. The summed E-state index contributed by atoms with van der Waals surface area (Å²) < 4.78 is 16.4. The molecule has 0 saturated heterocycles. The first-order chi connectivity index (χ1) is 9.09. The smallest absolute Gasteiger partial charge is 0.122 e. The highest BCUT2D eigenvalue weighted by Crippen LogP contribution is 2.16. The van der Waals surface area contributed by atoms with Gasteiger partial charge in [0.15, 0.2) is 0 Å². The lowest BCUT2D eigenvalue weighted by atomic mass is 10.2. The zero-order valence-electron chi connectivity index (χ0n) is 11.6. The van der Waals surface area contributed by atoms with Gasteiger partial charge in [-0.15, -0.1) is 0 Å². The molecular formula is C14H23NO3S. The molecule has 0 aliphatic heterocycles. The van der Waals surface area contributed by atoms with Crippen molar-refractivity contribution in [3.8, 4) is 5.75 Å². The third kappa shape index (κ3) is 7.30. The maximum Gasteiger partial charge on any atom is 0.122 e. The number of rotatable bonds is 9. The normalized spacial score (nSPS) is 14.1. The van der Waals surface area contributed by atoms with Gasteiger partial charge in [-0.25, -0.2) is 0 Å². The van der Waals surface area contributed by atoms with Crippen LogP contribution in [-0.4, -0.2) is 47.1 Å². The number of aliphatic hydroxyl groups excluding tert-OH is 1. The lowest BCUT2D eigenvalue weighted by Gasteiger charge is -2.14. The largest absolute Gasteiger partial charge is 0.491 e. The van der Waals surface area contributed by atoms with Gasteiger partial charge in [0.05, 0.1) is 0 Å². The summed E-state index contributed by atoms with van der Waals surface area (Å²) in [6.45, 7) is 3.51. The quantitative estimate of drug-likeness (QED) is 0.667. The Balaban J connectivity index is 2.13. The fraction of sp³-hybridized carbons (Fsp3) is 0.571. The molecule has 1 aromatic rings. The second kappa shape index (κ2) is 9.07. The van der Waals surface area contributed by atoms with Gasteiger partial charge >= 0.3 is 0 Å². The molecule has 1 rings (SSSR count). The summed E-state index contributed by atoms with van der Waals surface area (Å²) in [6.07, 6.45) is 2.02. The number of hydrogen-bond acceptors (Lipinski definition) is 4. The van der Waals surface area contributed by atoms with Crippen molar-refractivity contribution in [2.24, 2.45) is 0 Å². The molecule has 2 N–H and O–H groups in total. The van der Waals surface area contributed by atoms with Crippen LogP contribution in [0.25, 0.3) is 0 Å². The lowest BCUT2D eigenvalue weighted by molar-refractivity contribution is 0.106. The molecule has 0 aliphatic carbocycles. The number of aryl methyl sites for hydroxylation is 1. The first-order valence-electron chi connectivity index (χ1n) is 6.47. The fourth-order valence-corrected chi connectivity index (χ4v) is 2.18. The van der Waals surface area contributed by atoms with Gasteiger partial charge < -0.3 is 15.2 Å². The molecule has 0 spiro atoms. The Morgan fingerprint density at radius 3 is 2.84 bits per heavy atom. The Kier molecular flexibility index (Phi) is 7.70. The zero-order valence-corrected chi connectivity index (χ0v) is 12.4. The molecule has 0 heterocycles. The van der Waals surface area contributed by atoms with Crippen LogP contribution in [0.1, 0.15) is 12.0 Å². The number of para-hydroxylation sites is 1. The maximum absolute atomic E-state index is 10.8. The predicted octanol–water partition coefficient (Wildman–Crippen LogP) is 1.09. The standard InChI is InChI=1S/C14H23NO3S/c1-12-6-3-4-7-14(12)18-11-13(16)10-15-8-5-9-19(2)17/h3-4,6-7,13,15-16H,5,8-11H2,1-2H3. The van der Waals surface area contributed by atoms with E-state index in [-0.39, 0.29) is 6.61 Å². The van der Waals surface area contributed by atoms with E-state index in [0.29, 0.717) is 12.3 Å². The molecular weight excluding hydrogens is 262 g/mol. The summed E-state index contributed by atoms with van der Waals surface area (Å²) in [4.78, 5) is 0.